The number of aromatic nitrogens is 1. The minimum atomic E-state index is -0.122. The Morgan fingerprint density at radius 3 is 2.50 bits per heavy atom. The highest BCUT2D eigenvalue weighted by Gasteiger charge is 2.16. The highest BCUT2D eigenvalue weighted by molar-refractivity contribution is 6.31. The fraction of sp³-hybridized carbons (Fsp3) is 0.318. The lowest BCUT2D eigenvalue weighted by molar-refractivity contribution is 0.0935. The summed E-state index contributed by atoms with van der Waals surface area (Å²) in [5.41, 5.74) is 3.77. The van der Waals surface area contributed by atoms with Gasteiger partial charge in [0.2, 0.25) is 0 Å². The summed E-state index contributed by atoms with van der Waals surface area (Å²) < 4.78 is 0. The average molecular weight is 397 g/mol. The molecule has 1 saturated heterocycles. The van der Waals surface area contributed by atoms with Crippen LogP contribution in [0.25, 0.3) is 10.9 Å². The van der Waals surface area contributed by atoms with Crippen LogP contribution in [0, 0.1) is 0 Å². The van der Waals surface area contributed by atoms with Gasteiger partial charge in [-0.3, -0.25) is 4.79 Å². The molecule has 0 saturated carbocycles. The van der Waals surface area contributed by atoms with Crippen LogP contribution in [0.2, 0.25) is 5.02 Å². The van der Waals surface area contributed by atoms with Crippen LogP contribution in [0.15, 0.2) is 48.5 Å². The zero-order valence-corrected chi connectivity index (χ0v) is 17.0. The summed E-state index contributed by atoms with van der Waals surface area (Å²) in [7, 11) is 2.16. The second kappa shape index (κ2) is 7.86. The highest BCUT2D eigenvalue weighted by Crippen LogP contribution is 2.22. The number of aromatic amines is 1. The molecule has 1 amide bonds. The fourth-order valence-corrected chi connectivity index (χ4v) is 3.80. The zero-order chi connectivity index (χ0) is 19.7. The number of carbonyl (C=O) groups excluding carboxylic acids is 1. The molecule has 28 heavy (non-hydrogen) atoms. The predicted octanol–water partition coefficient (Wildman–Crippen LogP) is 4.06. The minimum Gasteiger partial charge on any atom is -0.369 e. The number of fused-ring (bicyclic) bond motifs is 1. The number of anilines is 1. The van der Waals surface area contributed by atoms with Gasteiger partial charge in [0.05, 0.1) is 6.04 Å². The van der Waals surface area contributed by atoms with E-state index in [1.807, 2.05) is 31.2 Å². The summed E-state index contributed by atoms with van der Waals surface area (Å²) in [6.07, 6.45) is 0. The van der Waals surface area contributed by atoms with Crippen molar-refractivity contribution in [3.8, 4) is 0 Å². The van der Waals surface area contributed by atoms with Crippen LogP contribution in [0.3, 0.4) is 0 Å². The smallest absolute Gasteiger partial charge is 0.268 e. The third kappa shape index (κ3) is 4.01. The molecule has 1 aliphatic rings. The molecule has 1 aromatic heterocycles. The fourth-order valence-electron chi connectivity index (χ4n) is 3.62. The Balaban J connectivity index is 1.42. The van der Waals surface area contributed by atoms with Crippen LogP contribution in [0.5, 0.6) is 0 Å². The summed E-state index contributed by atoms with van der Waals surface area (Å²) in [6, 6.07) is 15.8. The summed E-state index contributed by atoms with van der Waals surface area (Å²) in [5, 5.41) is 4.66. The topological polar surface area (TPSA) is 51.4 Å². The van der Waals surface area contributed by atoms with Crippen LogP contribution in [0.1, 0.15) is 29.0 Å². The van der Waals surface area contributed by atoms with E-state index in [9.17, 15) is 4.79 Å². The van der Waals surface area contributed by atoms with E-state index in [0.717, 1.165) is 42.6 Å². The van der Waals surface area contributed by atoms with E-state index >= 15 is 0 Å². The van der Waals surface area contributed by atoms with E-state index in [0.29, 0.717) is 10.7 Å². The van der Waals surface area contributed by atoms with Gasteiger partial charge in [-0.2, -0.15) is 0 Å². The van der Waals surface area contributed by atoms with Crippen LogP contribution in [-0.4, -0.2) is 49.0 Å². The molecule has 1 fully saturated rings. The number of nitrogens with zero attached hydrogens (tertiary/aromatic N) is 2. The number of rotatable bonds is 4. The average Bonchev–Trinajstić information content (AvgIpc) is 3.12. The Morgan fingerprint density at radius 1 is 1.07 bits per heavy atom. The van der Waals surface area contributed by atoms with E-state index in [1.165, 1.54) is 5.69 Å². The van der Waals surface area contributed by atoms with Crippen molar-refractivity contribution in [3.63, 3.8) is 0 Å². The van der Waals surface area contributed by atoms with E-state index in [2.05, 4.69) is 51.4 Å². The quantitative estimate of drug-likeness (QED) is 0.699. The van der Waals surface area contributed by atoms with Crippen LogP contribution in [0.4, 0.5) is 5.69 Å². The van der Waals surface area contributed by atoms with Crippen molar-refractivity contribution in [2.45, 2.75) is 13.0 Å². The first kappa shape index (κ1) is 18.8. The largest absolute Gasteiger partial charge is 0.369 e. The van der Waals surface area contributed by atoms with Crippen LogP contribution >= 0.6 is 11.6 Å². The molecule has 1 aliphatic heterocycles. The number of hydrogen-bond donors (Lipinski definition) is 2. The van der Waals surface area contributed by atoms with E-state index < -0.39 is 0 Å². The molecule has 2 aromatic carbocycles. The summed E-state index contributed by atoms with van der Waals surface area (Å²) in [5.74, 6) is -0.122. The van der Waals surface area contributed by atoms with Crippen LogP contribution in [-0.2, 0) is 0 Å². The maximum atomic E-state index is 12.6. The lowest BCUT2D eigenvalue weighted by atomic mass is 10.1. The standard InChI is InChI=1S/C22H25ClN4O/c1-15(16-3-6-19(7-4-16)27-11-9-26(2)10-12-27)24-22(28)21-14-17-13-18(23)5-8-20(17)25-21/h3-8,13-15,25H,9-12H2,1-2H3,(H,24,28). The molecule has 146 valence electrons. The monoisotopic (exact) mass is 396 g/mol. The molecule has 0 aliphatic carbocycles. The molecule has 2 heterocycles. The van der Waals surface area contributed by atoms with E-state index in [-0.39, 0.29) is 11.9 Å². The van der Waals surface area contributed by atoms with E-state index in [4.69, 9.17) is 11.6 Å². The second-order valence-electron chi connectivity index (χ2n) is 7.49. The summed E-state index contributed by atoms with van der Waals surface area (Å²) in [4.78, 5) is 20.5. The Bertz CT molecular complexity index is 974. The van der Waals surface area contributed by atoms with Crippen molar-refractivity contribution in [1.82, 2.24) is 15.2 Å². The molecule has 0 radical (unpaired) electrons. The van der Waals surface area contributed by atoms with Crippen molar-refractivity contribution in [2.24, 2.45) is 0 Å². The highest BCUT2D eigenvalue weighted by atomic mass is 35.5. The third-order valence-corrected chi connectivity index (χ3v) is 5.67. The number of benzene rings is 2. The van der Waals surface area contributed by atoms with Crippen molar-refractivity contribution < 1.29 is 4.79 Å². The van der Waals surface area contributed by atoms with Gasteiger partial charge in [0.25, 0.3) is 5.91 Å². The SMILES string of the molecule is CC(NC(=O)c1cc2cc(Cl)ccc2[nH]1)c1ccc(N2CCN(C)CC2)cc1. The first-order valence-electron chi connectivity index (χ1n) is 9.62. The van der Waals surface area contributed by atoms with Gasteiger partial charge < -0.3 is 20.1 Å². The van der Waals surface area contributed by atoms with Crippen molar-refractivity contribution in [1.29, 1.82) is 0 Å². The molecule has 0 spiro atoms. The first-order valence-corrected chi connectivity index (χ1v) is 10.00. The number of likely N-dealkylation sites (N-methyl/N-ethyl adjacent to an activating group) is 1. The van der Waals surface area contributed by atoms with Gasteiger partial charge in [-0.25, -0.2) is 0 Å². The minimum absolute atomic E-state index is 0.0796. The van der Waals surface area contributed by atoms with Gasteiger partial charge >= 0.3 is 0 Å². The summed E-state index contributed by atoms with van der Waals surface area (Å²) in [6.45, 7) is 6.27. The van der Waals surface area contributed by atoms with Crippen molar-refractivity contribution >= 4 is 34.1 Å². The number of halogens is 1. The Labute approximate surface area is 170 Å². The Morgan fingerprint density at radius 2 is 1.79 bits per heavy atom. The molecule has 2 N–H and O–H groups in total. The molecular formula is C22H25ClN4O. The molecule has 4 rings (SSSR count). The van der Waals surface area contributed by atoms with Gasteiger partial charge in [-0.05, 0) is 55.9 Å². The normalized spacial score (nSPS) is 16.3. The number of nitrogens with one attached hydrogen (secondary N) is 2. The molecule has 3 aromatic rings. The maximum Gasteiger partial charge on any atom is 0.268 e. The Kier molecular flexibility index (Phi) is 5.29. The lowest BCUT2D eigenvalue weighted by Crippen LogP contribution is -2.44. The van der Waals surface area contributed by atoms with Gasteiger partial charge in [-0.1, -0.05) is 23.7 Å². The molecule has 1 unspecified atom stereocenters. The molecule has 0 bridgehead atoms. The van der Waals surface area contributed by atoms with E-state index in [1.54, 1.807) is 0 Å². The number of piperazine rings is 1. The van der Waals surface area contributed by atoms with Crippen LogP contribution < -0.4 is 10.2 Å². The lowest BCUT2D eigenvalue weighted by Gasteiger charge is -2.34. The molecule has 5 nitrogen and oxygen atoms in total. The summed E-state index contributed by atoms with van der Waals surface area (Å²) >= 11 is 6.03. The number of carbonyl (C=O) groups is 1. The van der Waals surface area contributed by atoms with Gasteiger partial charge in [0, 0.05) is 47.8 Å². The molecular weight excluding hydrogens is 372 g/mol. The molecule has 1 atom stereocenters. The predicted molar refractivity (Wildman–Crippen MR) is 115 cm³/mol. The zero-order valence-electron chi connectivity index (χ0n) is 16.2. The number of H-pyrrole nitrogens is 1. The molecule has 6 heteroatoms. The third-order valence-electron chi connectivity index (χ3n) is 5.44. The Hall–Kier alpha value is -2.50. The van der Waals surface area contributed by atoms with Crippen molar-refractivity contribution in [2.75, 3.05) is 38.1 Å². The van der Waals surface area contributed by atoms with Gasteiger partial charge in [0.15, 0.2) is 0 Å². The number of amides is 1. The maximum absolute atomic E-state index is 12.6. The first-order chi connectivity index (χ1) is 13.5. The van der Waals surface area contributed by atoms with Crippen molar-refractivity contribution in [3.05, 3.63) is 64.8 Å². The van der Waals surface area contributed by atoms with Gasteiger partial charge in [0.1, 0.15) is 5.69 Å². The number of hydrogen-bond acceptors (Lipinski definition) is 3. The second-order valence-corrected chi connectivity index (χ2v) is 7.93. The van der Waals surface area contributed by atoms with Gasteiger partial charge in [-0.15, -0.1) is 0 Å².